The highest BCUT2D eigenvalue weighted by atomic mass is 14.8. The lowest BCUT2D eigenvalue weighted by molar-refractivity contribution is 0.938. The maximum Gasteiger partial charge on any atom is 0.102 e. The number of rotatable bonds is 6. The summed E-state index contributed by atoms with van der Waals surface area (Å²) in [7, 11) is 3.75. The van der Waals surface area contributed by atoms with Crippen LogP contribution in [0, 0.1) is 47.4 Å². The second-order valence-electron chi connectivity index (χ2n) is 9.36. The summed E-state index contributed by atoms with van der Waals surface area (Å²) in [5.41, 5.74) is 19.0. The van der Waals surface area contributed by atoms with Crippen molar-refractivity contribution in [3.8, 4) is 69.6 Å². The Kier molecular flexibility index (Phi) is 12.5. The summed E-state index contributed by atoms with van der Waals surface area (Å²) in [6, 6.07) is 20.7. The van der Waals surface area contributed by atoms with Gasteiger partial charge in [0.25, 0.3) is 0 Å². The van der Waals surface area contributed by atoms with Gasteiger partial charge in [-0.15, -0.1) is 0 Å². The molecule has 210 valence electrons. The number of hydrogen-bond acceptors (Lipinski definition) is 4. The van der Waals surface area contributed by atoms with Crippen LogP contribution in [0.5, 0.6) is 0 Å². The first kappa shape index (κ1) is 31.3. The average molecular weight is 553 g/mol. The Morgan fingerprint density at radius 1 is 0.571 bits per heavy atom. The summed E-state index contributed by atoms with van der Waals surface area (Å²) in [5, 5.41) is 6.12. The molecule has 0 aliphatic heterocycles. The molecule has 0 fully saturated rings. The summed E-state index contributed by atoms with van der Waals surface area (Å²) in [5.74, 6) is 26.4. The Labute approximate surface area is 250 Å². The zero-order chi connectivity index (χ0) is 30.2. The summed E-state index contributed by atoms with van der Waals surface area (Å²) in [6.45, 7) is 5.40. The molecule has 0 heterocycles. The molecule has 0 radical (unpaired) electrons. The van der Waals surface area contributed by atoms with E-state index in [1.54, 1.807) is 13.8 Å². The van der Waals surface area contributed by atoms with E-state index >= 15 is 0 Å². The standard InChI is InChI=1S/C36H36N6/c1-27(37)41-18-8-12-31-20-29(10-6-16-39-3)22-35(24-31)33-14-5-15-34(26-33)36-23-30(11-7-17-40-4)21-32(25-36)13-9-19-42-28(2)38/h5,14-15,20-26,39-40H,16-19H2,1-4H3,(H2,37,41)(H2,38,42). The normalized spacial score (nSPS) is 10.7. The fourth-order valence-corrected chi connectivity index (χ4v) is 3.84. The van der Waals surface area contributed by atoms with Crippen molar-refractivity contribution < 1.29 is 0 Å². The highest BCUT2D eigenvalue weighted by molar-refractivity contribution is 5.78. The van der Waals surface area contributed by atoms with E-state index in [1.165, 1.54) is 0 Å². The zero-order valence-corrected chi connectivity index (χ0v) is 24.7. The second kappa shape index (κ2) is 16.8. The van der Waals surface area contributed by atoms with Crippen LogP contribution in [0.3, 0.4) is 0 Å². The van der Waals surface area contributed by atoms with Crippen molar-refractivity contribution in [3.05, 3.63) is 82.9 Å². The Hall–Kier alpha value is -5.24. The monoisotopic (exact) mass is 552 g/mol. The molecule has 0 amide bonds. The average Bonchev–Trinajstić information content (AvgIpc) is 2.97. The molecule has 0 unspecified atom stereocenters. The van der Waals surface area contributed by atoms with Gasteiger partial charge in [-0.05, 0) is 92.7 Å². The number of amidine groups is 2. The molecule has 0 saturated carbocycles. The van der Waals surface area contributed by atoms with Gasteiger partial charge >= 0.3 is 0 Å². The molecule has 0 spiro atoms. The number of hydrogen-bond donors (Lipinski definition) is 4. The minimum Gasteiger partial charge on any atom is -0.388 e. The highest BCUT2D eigenvalue weighted by Gasteiger charge is 2.07. The Morgan fingerprint density at radius 3 is 1.31 bits per heavy atom. The van der Waals surface area contributed by atoms with Gasteiger partial charge in [-0.1, -0.05) is 65.6 Å². The highest BCUT2D eigenvalue weighted by Crippen LogP contribution is 2.29. The first-order valence-corrected chi connectivity index (χ1v) is 13.6. The van der Waals surface area contributed by atoms with Crippen molar-refractivity contribution >= 4 is 11.7 Å². The van der Waals surface area contributed by atoms with Gasteiger partial charge in [0.05, 0.1) is 24.8 Å². The predicted molar refractivity (Wildman–Crippen MR) is 177 cm³/mol. The number of aliphatic imine (C=N–C) groups is 2. The minimum absolute atomic E-state index is 0.347. The molecule has 42 heavy (non-hydrogen) atoms. The van der Waals surface area contributed by atoms with Gasteiger partial charge in [0.15, 0.2) is 0 Å². The van der Waals surface area contributed by atoms with Gasteiger partial charge in [0, 0.05) is 22.3 Å². The van der Waals surface area contributed by atoms with E-state index in [-0.39, 0.29) is 0 Å². The topological polar surface area (TPSA) is 101 Å². The minimum atomic E-state index is 0.347. The molecular formula is C36H36N6. The molecular weight excluding hydrogens is 516 g/mol. The van der Waals surface area contributed by atoms with Gasteiger partial charge in [-0.3, -0.25) is 9.98 Å². The largest absolute Gasteiger partial charge is 0.388 e. The van der Waals surface area contributed by atoms with Gasteiger partial charge in [0.2, 0.25) is 0 Å². The van der Waals surface area contributed by atoms with Crippen LogP contribution in [-0.2, 0) is 0 Å². The maximum absolute atomic E-state index is 5.65. The smallest absolute Gasteiger partial charge is 0.102 e. The molecule has 0 aliphatic carbocycles. The third-order valence-corrected chi connectivity index (χ3v) is 5.67. The van der Waals surface area contributed by atoms with E-state index in [1.807, 2.05) is 26.2 Å². The van der Waals surface area contributed by atoms with Crippen molar-refractivity contribution in [2.24, 2.45) is 21.5 Å². The lowest BCUT2D eigenvalue weighted by Crippen LogP contribution is -2.05. The first-order chi connectivity index (χ1) is 20.4. The van der Waals surface area contributed by atoms with Gasteiger partial charge in [-0.25, -0.2) is 0 Å². The van der Waals surface area contributed by atoms with Crippen LogP contribution in [0.2, 0.25) is 0 Å². The number of benzene rings is 3. The van der Waals surface area contributed by atoms with Crippen molar-refractivity contribution in [1.29, 1.82) is 0 Å². The molecule has 6 heteroatoms. The van der Waals surface area contributed by atoms with Crippen LogP contribution in [0.25, 0.3) is 22.3 Å². The van der Waals surface area contributed by atoms with Gasteiger partial charge in [-0.2, -0.15) is 0 Å². The van der Waals surface area contributed by atoms with E-state index in [9.17, 15) is 0 Å². The Balaban J connectivity index is 2.07. The number of nitrogens with one attached hydrogen (secondary N) is 2. The van der Waals surface area contributed by atoms with Crippen LogP contribution in [0.4, 0.5) is 0 Å². The van der Waals surface area contributed by atoms with Crippen LogP contribution >= 0.6 is 0 Å². The van der Waals surface area contributed by atoms with E-state index in [0.29, 0.717) is 37.9 Å². The second-order valence-corrected chi connectivity index (χ2v) is 9.36. The zero-order valence-electron chi connectivity index (χ0n) is 24.7. The van der Waals surface area contributed by atoms with E-state index in [4.69, 9.17) is 11.5 Å². The van der Waals surface area contributed by atoms with Crippen molar-refractivity contribution in [2.75, 3.05) is 40.3 Å². The molecule has 0 aliphatic rings. The summed E-state index contributed by atoms with van der Waals surface area (Å²) >= 11 is 0. The number of nitrogens with two attached hydrogens (primary N) is 2. The lowest BCUT2D eigenvalue weighted by atomic mass is 9.95. The van der Waals surface area contributed by atoms with Crippen LogP contribution in [-0.4, -0.2) is 51.9 Å². The van der Waals surface area contributed by atoms with Crippen molar-refractivity contribution in [2.45, 2.75) is 13.8 Å². The van der Waals surface area contributed by atoms with E-state index in [0.717, 1.165) is 44.5 Å². The fraction of sp³-hybridized carbons (Fsp3) is 0.222. The van der Waals surface area contributed by atoms with Crippen LogP contribution in [0.15, 0.2) is 70.6 Å². The molecule has 3 rings (SSSR count). The summed E-state index contributed by atoms with van der Waals surface area (Å²) < 4.78 is 0. The SMILES string of the molecule is CNCC#Cc1cc(C#CCN=C(C)N)cc(-c2cccc(-c3cc(C#CCN=C(C)N)cc(C#CCNC)c3)c2)c1. The van der Waals surface area contributed by atoms with Crippen molar-refractivity contribution in [1.82, 2.24) is 10.6 Å². The molecule has 0 aromatic heterocycles. The van der Waals surface area contributed by atoms with Crippen LogP contribution < -0.4 is 22.1 Å². The Bertz CT molecular complexity index is 1580. The van der Waals surface area contributed by atoms with E-state index in [2.05, 4.69) is 117 Å². The Morgan fingerprint density at radius 2 is 0.952 bits per heavy atom. The van der Waals surface area contributed by atoms with Gasteiger partial charge < -0.3 is 22.1 Å². The summed E-state index contributed by atoms with van der Waals surface area (Å²) in [4.78, 5) is 8.33. The number of nitrogens with zero attached hydrogens (tertiary/aromatic N) is 2. The predicted octanol–water partition coefficient (Wildman–Crippen LogP) is 3.62. The molecule has 3 aromatic carbocycles. The summed E-state index contributed by atoms with van der Waals surface area (Å²) in [6.07, 6.45) is 0. The first-order valence-electron chi connectivity index (χ1n) is 13.6. The third-order valence-electron chi connectivity index (χ3n) is 5.67. The van der Waals surface area contributed by atoms with Crippen molar-refractivity contribution in [3.63, 3.8) is 0 Å². The third kappa shape index (κ3) is 10.7. The molecule has 0 saturated heterocycles. The van der Waals surface area contributed by atoms with E-state index < -0.39 is 0 Å². The van der Waals surface area contributed by atoms with Gasteiger partial charge in [0.1, 0.15) is 13.1 Å². The fourth-order valence-electron chi connectivity index (χ4n) is 3.84. The molecule has 3 aromatic rings. The quantitative estimate of drug-likeness (QED) is 0.213. The maximum atomic E-state index is 5.65. The molecule has 6 N–H and O–H groups in total. The lowest BCUT2D eigenvalue weighted by Gasteiger charge is -2.09. The molecule has 0 atom stereocenters. The molecule has 0 bridgehead atoms. The molecule has 6 nitrogen and oxygen atoms in total. The van der Waals surface area contributed by atoms with Crippen LogP contribution in [0.1, 0.15) is 36.1 Å².